The third kappa shape index (κ3) is 2.02. The molecule has 0 aromatic rings. The van der Waals surface area contributed by atoms with Crippen LogP contribution < -0.4 is 5.32 Å². The van der Waals surface area contributed by atoms with Gasteiger partial charge in [0.05, 0.1) is 6.42 Å². The summed E-state index contributed by atoms with van der Waals surface area (Å²) in [5.74, 6) is -0.150. The van der Waals surface area contributed by atoms with Gasteiger partial charge in [-0.2, -0.15) is 0 Å². The molecule has 1 fully saturated rings. The minimum atomic E-state index is -0.685. The highest BCUT2D eigenvalue weighted by molar-refractivity contribution is 5.68. The summed E-state index contributed by atoms with van der Waals surface area (Å²) < 4.78 is 0. The molecule has 2 N–H and O–H groups in total. The van der Waals surface area contributed by atoms with Crippen molar-refractivity contribution in [2.24, 2.45) is 5.92 Å². The molecule has 0 saturated heterocycles. The van der Waals surface area contributed by atoms with Crippen molar-refractivity contribution in [3.63, 3.8) is 0 Å². The van der Waals surface area contributed by atoms with Crippen LogP contribution in [0.5, 0.6) is 0 Å². The lowest BCUT2D eigenvalue weighted by molar-refractivity contribution is -0.139. The molecule has 0 amide bonds. The first-order valence-corrected chi connectivity index (χ1v) is 5.05. The van der Waals surface area contributed by atoms with Gasteiger partial charge >= 0.3 is 5.97 Å². The topological polar surface area (TPSA) is 49.3 Å². The summed E-state index contributed by atoms with van der Waals surface area (Å²) in [6, 6.07) is 0. The highest BCUT2D eigenvalue weighted by atomic mass is 16.4. The van der Waals surface area contributed by atoms with Crippen LogP contribution in [0.15, 0.2) is 0 Å². The first-order valence-electron chi connectivity index (χ1n) is 5.05. The molecule has 0 bridgehead atoms. The molecule has 1 rings (SSSR count). The van der Waals surface area contributed by atoms with Gasteiger partial charge in [0.25, 0.3) is 0 Å². The fourth-order valence-corrected chi connectivity index (χ4v) is 2.66. The minimum Gasteiger partial charge on any atom is -0.481 e. The van der Waals surface area contributed by atoms with Crippen molar-refractivity contribution < 1.29 is 9.90 Å². The molecule has 0 aliphatic heterocycles. The van der Waals surface area contributed by atoms with Crippen molar-refractivity contribution in [2.45, 2.75) is 44.6 Å². The Morgan fingerprint density at radius 3 is 2.85 bits per heavy atom. The van der Waals surface area contributed by atoms with E-state index in [1.807, 2.05) is 7.05 Å². The highest BCUT2D eigenvalue weighted by Gasteiger charge is 2.41. The molecule has 13 heavy (non-hydrogen) atoms. The van der Waals surface area contributed by atoms with Crippen LogP contribution >= 0.6 is 0 Å². The zero-order valence-corrected chi connectivity index (χ0v) is 8.47. The number of carboxylic acid groups (broad SMARTS) is 1. The van der Waals surface area contributed by atoms with Crippen LogP contribution in [0.25, 0.3) is 0 Å². The fraction of sp³-hybridized carbons (Fsp3) is 0.900. The van der Waals surface area contributed by atoms with Crippen molar-refractivity contribution in [3.05, 3.63) is 0 Å². The fourth-order valence-electron chi connectivity index (χ4n) is 2.66. The van der Waals surface area contributed by atoms with Crippen LogP contribution in [-0.2, 0) is 4.79 Å². The van der Waals surface area contributed by atoms with E-state index < -0.39 is 5.97 Å². The van der Waals surface area contributed by atoms with E-state index in [2.05, 4.69) is 12.2 Å². The molecule has 0 spiro atoms. The summed E-state index contributed by atoms with van der Waals surface area (Å²) in [4.78, 5) is 10.7. The molecule has 2 unspecified atom stereocenters. The number of hydrogen-bond acceptors (Lipinski definition) is 2. The number of rotatable bonds is 4. The van der Waals surface area contributed by atoms with E-state index in [4.69, 9.17) is 5.11 Å². The Bertz CT molecular complexity index is 193. The Morgan fingerprint density at radius 2 is 2.38 bits per heavy atom. The average Bonchev–Trinajstić information content (AvgIpc) is 2.47. The Balaban J connectivity index is 2.71. The molecule has 0 aromatic heterocycles. The van der Waals surface area contributed by atoms with Gasteiger partial charge in [0.1, 0.15) is 0 Å². The van der Waals surface area contributed by atoms with Gasteiger partial charge in [-0.15, -0.1) is 0 Å². The lowest BCUT2D eigenvalue weighted by atomic mass is 9.82. The van der Waals surface area contributed by atoms with Gasteiger partial charge in [0.2, 0.25) is 0 Å². The van der Waals surface area contributed by atoms with Crippen molar-refractivity contribution in [2.75, 3.05) is 7.05 Å². The third-order valence-corrected chi connectivity index (χ3v) is 3.41. The van der Waals surface area contributed by atoms with Crippen LogP contribution in [0.3, 0.4) is 0 Å². The maximum absolute atomic E-state index is 10.7. The van der Waals surface area contributed by atoms with Gasteiger partial charge < -0.3 is 10.4 Å². The predicted molar refractivity (Wildman–Crippen MR) is 51.7 cm³/mol. The molecule has 1 saturated carbocycles. The van der Waals surface area contributed by atoms with Gasteiger partial charge in [-0.3, -0.25) is 4.79 Å². The molecular formula is C10H19NO2. The summed E-state index contributed by atoms with van der Waals surface area (Å²) >= 11 is 0. The highest BCUT2D eigenvalue weighted by Crippen LogP contribution is 2.39. The summed E-state index contributed by atoms with van der Waals surface area (Å²) in [6.07, 6.45) is 4.68. The van der Waals surface area contributed by atoms with Crippen molar-refractivity contribution in [1.29, 1.82) is 0 Å². The van der Waals surface area contributed by atoms with E-state index in [9.17, 15) is 4.79 Å². The molecule has 1 aliphatic rings. The molecule has 0 aromatic carbocycles. The summed E-state index contributed by atoms with van der Waals surface area (Å²) in [7, 11) is 1.89. The largest absolute Gasteiger partial charge is 0.481 e. The zero-order chi connectivity index (χ0) is 9.90. The van der Waals surface area contributed by atoms with Gasteiger partial charge in [-0.25, -0.2) is 0 Å². The number of carboxylic acids is 1. The van der Waals surface area contributed by atoms with Crippen molar-refractivity contribution in [1.82, 2.24) is 5.32 Å². The molecule has 3 nitrogen and oxygen atoms in total. The Hall–Kier alpha value is -0.570. The Labute approximate surface area is 79.5 Å². The lowest BCUT2D eigenvalue weighted by Crippen LogP contribution is -2.47. The number of hydrogen-bond donors (Lipinski definition) is 2. The van der Waals surface area contributed by atoms with E-state index >= 15 is 0 Å². The molecular weight excluding hydrogens is 166 g/mol. The standard InChI is InChI=1S/C10H19NO2/c1-3-8-5-4-6-10(8,11-2)7-9(12)13/h8,11H,3-7H2,1-2H3,(H,12,13). The molecule has 2 atom stereocenters. The third-order valence-electron chi connectivity index (χ3n) is 3.41. The number of carbonyl (C=O) groups is 1. The van der Waals surface area contributed by atoms with E-state index in [1.165, 1.54) is 6.42 Å². The smallest absolute Gasteiger partial charge is 0.305 e. The van der Waals surface area contributed by atoms with Gasteiger partial charge in [-0.05, 0) is 25.8 Å². The second-order valence-corrected chi connectivity index (χ2v) is 3.97. The average molecular weight is 185 g/mol. The normalized spacial score (nSPS) is 33.5. The summed E-state index contributed by atoms with van der Waals surface area (Å²) in [5.41, 5.74) is -0.124. The van der Waals surface area contributed by atoms with Gasteiger partial charge in [0, 0.05) is 5.54 Å². The SMILES string of the molecule is CCC1CCCC1(CC(=O)O)NC. The van der Waals surface area contributed by atoms with E-state index in [0.717, 1.165) is 19.3 Å². The van der Waals surface area contributed by atoms with Gasteiger partial charge in [-0.1, -0.05) is 19.8 Å². The zero-order valence-electron chi connectivity index (χ0n) is 8.47. The quantitative estimate of drug-likeness (QED) is 0.700. The Kier molecular flexibility index (Phi) is 3.31. The summed E-state index contributed by atoms with van der Waals surface area (Å²) in [5, 5.41) is 12.1. The second-order valence-electron chi connectivity index (χ2n) is 3.97. The van der Waals surface area contributed by atoms with Crippen molar-refractivity contribution >= 4 is 5.97 Å². The van der Waals surface area contributed by atoms with Crippen LogP contribution in [-0.4, -0.2) is 23.7 Å². The van der Waals surface area contributed by atoms with E-state index in [1.54, 1.807) is 0 Å². The van der Waals surface area contributed by atoms with Crippen LogP contribution in [0.1, 0.15) is 39.0 Å². The molecule has 3 heteroatoms. The van der Waals surface area contributed by atoms with Crippen LogP contribution in [0.4, 0.5) is 0 Å². The first-order chi connectivity index (χ1) is 6.14. The van der Waals surface area contributed by atoms with Crippen molar-refractivity contribution in [3.8, 4) is 0 Å². The minimum absolute atomic E-state index is 0.124. The monoisotopic (exact) mass is 185 g/mol. The molecule has 0 heterocycles. The van der Waals surface area contributed by atoms with Crippen LogP contribution in [0, 0.1) is 5.92 Å². The predicted octanol–water partition coefficient (Wildman–Crippen LogP) is 1.63. The maximum atomic E-state index is 10.7. The molecule has 76 valence electrons. The maximum Gasteiger partial charge on any atom is 0.305 e. The van der Waals surface area contributed by atoms with Crippen LogP contribution in [0.2, 0.25) is 0 Å². The Morgan fingerprint density at radius 1 is 1.69 bits per heavy atom. The number of nitrogens with one attached hydrogen (secondary N) is 1. The molecule has 0 radical (unpaired) electrons. The first kappa shape index (κ1) is 10.5. The second kappa shape index (κ2) is 4.09. The molecule has 1 aliphatic carbocycles. The number of aliphatic carboxylic acids is 1. The lowest BCUT2D eigenvalue weighted by Gasteiger charge is -2.33. The summed E-state index contributed by atoms with van der Waals surface area (Å²) in [6.45, 7) is 2.14. The van der Waals surface area contributed by atoms with E-state index in [0.29, 0.717) is 5.92 Å². The van der Waals surface area contributed by atoms with E-state index in [-0.39, 0.29) is 12.0 Å². The van der Waals surface area contributed by atoms with Gasteiger partial charge in [0.15, 0.2) is 0 Å².